The van der Waals surface area contributed by atoms with Crippen LogP contribution in [0.1, 0.15) is 46.5 Å². The molecular formula is C12H25ClN2O. The van der Waals surface area contributed by atoms with Crippen molar-refractivity contribution in [3.05, 3.63) is 0 Å². The highest BCUT2D eigenvalue weighted by atomic mass is 35.5. The predicted molar refractivity (Wildman–Crippen MR) is 69.7 cm³/mol. The first-order valence-corrected chi connectivity index (χ1v) is 6.14. The molecule has 1 rings (SSSR count). The van der Waals surface area contributed by atoms with E-state index in [1.807, 2.05) is 18.7 Å². The molecule has 96 valence electrons. The number of carbonyl (C=O) groups is 1. The van der Waals surface area contributed by atoms with Gasteiger partial charge in [0.1, 0.15) is 0 Å². The lowest BCUT2D eigenvalue weighted by Gasteiger charge is -2.39. The van der Waals surface area contributed by atoms with Gasteiger partial charge in [0.25, 0.3) is 0 Å². The minimum Gasteiger partial charge on any atom is -0.338 e. The lowest BCUT2D eigenvalue weighted by Crippen LogP contribution is -2.53. The summed E-state index contributed by atoms with van der Waals surface area (Å²) >= 11 is 0. The van der Waals surface area contributed by atoms with E-state index in [0.717, 1.165) is 25.8 Å². The van der Waals surface area contributed by atoms with Crippen molar-refractivity contribution >= 4 is 18.3 Å². The van der Waals surface area contributed by atoms with Crippen molar-refractivity contribution in [2.75, 3.05) is 6.54 Å². The summed E-state index contributed by atoms with van der Waals surface area (Å²) in [4.78, 5) is 14.1. The van der Waals surface area contributed by atoms with Gasteiger partial charge in [-0.3, -0.25) is 4.79 Å². The number of nitrogens with two attached hydrogens (primary N) is 1. The summed E-state index contributed by atoms with van der Waals surface area (Å²) in [6.45, 7) is 6.98. The molecule has 3 atom stereocenters. The summed E-state index contributed by atoms with van der Waals surface area (Å²) in [5.74, 6) is 0.434. The summed E-state index contributed by atoms with van der Waals surface area (Å²) in [5, 5.41) is 0. The molecule has 0 aromatic rings. The number of rotatable bonds is 3. The minimum absolute atomic E-state index is 0. The fourth-order valence-electron chi connectivity index (χ4n) is 2.24. The first-order valence-electron chi connectivity index (χ1n) is 6.14. The molecule has 0 aliphatic carbocycles. The second kappa shape index (κ2) is 7.13. The van der Waals surface area contributed by atoms with Gasteiger partial charge in [0.05, 0.1) is 0 Å². The first kappa shape index (κ1) is 15.7. The Morgan fingerprint density at radius 2 is 2.06 bits per heavy atom. The normalized spacial score (nSPS) is 24.5. The van der Waals surface area contributed by atoms with Gasteiger partial charge < -0.3 is 10.6 Å². The number of hydrogen-bond acceptors (Lipinski definition) is 2. The zero-order valence-electron chi connectivity index (χ0n) is 10.6. The smallest absolute Gasteiger partial charge is 0.225 e. The minimum atomic E-state index is 0. The summed E-state index contributed by atoms with van der Waals surface area (Å²) in [7, 11) is 0. The molecule has 0 saturated carbocycles. The highest BCUT2D eigenvalue weighted by molar-refractivity contribution is 5.85. The van der Waals surface area contributed by atoms with Gasteiger partial charge in [-0.05, 0) is 32.6 Å². The Bertz CT molecular complexity index is 221. The molecule has 0 radical (unpaired) electrons. The van der Waals surface area contributed by atoms with Crippen molar-refractivity contribution in [3.63, 3.8) is 0 Å². The van der Waals surface area contributed by atoms with Gasteiger partial charge in [0.2, 0.25) is 5.91 Å². The van der Waals surface area contributed by atoms with E-state index in [1.165, 1.54) is 6.42 Å². The van der Waals surface area contributed by atoms with Crippen LogP contribution in [0.3, 0.4) is 0 Å². The van der Waals surface area contributed by atoms with Crippen molar-refractivity contribution in [1.82, 2.24) is 4.90 Å². The Morgan fingerprint density at radius 1 is 1.44 bits per heavy atom. The zero-order valence-corrected chi connectivity index (χ0v) is 11.4. The number of likely N-dealkylation sites (tertiary alicyclic amines) is 1. The van der Waals surface area contributed by atoms with E-state index >= 15 is 0 Å². The SMILES string of the molecule is CCC(C)C(=O)N1CCCCC1C(C)N.Cl. The summed E-state index contributed by atoms with van der Waals surface area (Å²) in [6.07, 6.45) is 4.32. The molecule has 2 N–H and O–H groups in total. The lowest BCUT2D eigenvalue weighted by atomic mass is 9.95. The summed E-state index contributed by atoms with van der Waals surface area (Å²) in [5.41, 5.74) is 5.94. The molecule has 3 nitrogen and oxygen atoms in total. The van der Waals surface area contributed by atoms with Crippen LogP contribution in [-0.4, -0.2) is 29.4 Å². The van der Waals surface area contributed by atoms with E-state index < -0.39 is 0 Å². The number of carbonyl (C=O) groups excluding carboxylic acids is 1. The van der Waals surface area contributed by atoms with Gasteiger partial charge in [0.15, 0.2) is 0 Å². The Kier molecular flexibility index (Phi) is 7.00. The quantitative estimate of drug-likeness (QED) is 0.832. The van der Waals surface area contributed by atoms with Crippen molar-refractivity contribution in [2.45, 2.75) is 58.5 Å². The van der Waals surface area contributed by atoms with Gasteiger partial charge in [-0.15, -0.1) is 12.4 Å². The number of piperidine rings is 1. The van der Waals surface area contributed by atoms with Crippen LogP contribution in [0, 0.1) is 5.92 Å². The van der Waals surface area contributed by atoms with Crippen molar-refractivity contribution in [3.8, 4) is 0 Å². The monoisotopic (exact) mass is 248 g/mol. The molecule has 0 spiro atoms. The van der Waals surface area contributed by atoms with E-state index in [0.29, 0.717) is 5.91 Å². The number of nitrogens with zero attached hydrogens (tertiary/aromatic N) is 1. The van der Waals surface area contributed by atoms with E-state index in [9.17, 15) is 4.79 Å². The van der Waals surface area contributed by atoms with Crippen LogP contribution in [0.25, 0.3) is 0 Å². The van der Waals surface area contributed by atoms with Crippen LogP contribution in [0.5, 0.6) is 0 Å². The molecule has 1 aliphatic rings. The average Bonchev–Trinajstić information content (AvgIpc) is 2.27. The zero-order chi connectivity index (χ0) is 11.4. The maximum Gasteiger partial charge on any atom is 0.225 e. The standard InChI is InChI=1S/C12H24N2O.ClH/c1-4-9(2)12(15)14-8-6-5-7-11(14)10(3)13;/h9-11H,4-8,13H2,1-3H3;1H. The predicted octanol–water partition coefficient (Wildman–Crippen LogP) is 2.18. The van der Waals surface area contributed by atoms with Gasteiger partial charge in [-0.2, -0.15) is 0 Å². The van der Waals surface area contributed by atoms with E-state index in [1.54, 1.807) is 0 Å². The third-order valence-corrected chi connectivity index (χ3v) is 3.47. The average molecular weight is 249 g/mol. The van der Waals surface area contributed by atoms with Crippen molar-refractivity contribution < 1.29 is 4.79 Å². The molecule has 0 aromatic heterocycles. The maximum atomic E-state index is 12.1. The topological polar surface area (TPSA) is 46.3 Å². The highest BCUT2D eigenvalue weighted by Gasteiger charge is 2.30. The van der Waals surface area contributed by atoms with Gasteiger partial charge in [-0.25, -0.2) is 0 Å². The Balaban J connectivity index is 0.00000225. The third kappa shape index (κ3) is 3.63. The van der Waals surface area contributed by atoms with Crippen LogP contribution in [-0.2, 0) is 4.79 Å². The van der Waals surface area contributed by atoms with Gasteiger partial charge in [-0.1, -0.05) is 13.8 Å². The highest BCUT2D eigenvalue weighted by Crippen LogP contribution is 2.21. The Hall–Kier alpha value is -0.280. The lowest BCUT2D eigenvalue weighted by molar-refractivity contribution is -0.139. The fraction of sp³-hybridized carbons (Fsp3) is 0.917. The Morgan fingerprint density at radius 3 is 2.56 bits per heavy atom. The largest absolute Gasteiger partial charge is 0.338 e. The molecule has 1 fully saturated rings. The van der Waals surface area contributed by atoms with Crippen LogP contribution < -0.4 is 5.73 Å². The molecule has 1 heterocycles. The number of amides is 1. The van der Waals surface area contributed by atoms with Crippen LogP contribution in [0.2, 0.25) is 0 Å². The molecule has 0 bridgehead atoms. The molecule has 1 amide bonds. The molecule has 16 heavy (non-hydrogen) atoms. The second-order valence-corrected chi connectivity index (χ2v) is 4.76. The van der Waals surface area contributed by atoms with Gasteiger partial charge >= 0.3 is 0 Å². The van der Waals surface area contributed by atoms with Crippen LogP contribution in [0.15, 0.2) is 0 Å². The number of halogens is 1. The third-order valence-electron chi connectivity index (χ3n) is 3.47. The van der Waals surface area contributed by atoms with Crippen LogP contribution >= 0.6 is 12.4 Å². The molecule has 3 unspecified atom stereocenters. The Labute approximate surface area is 105 Å². The van der Waals surface area contributed by atoms with E-state index in [4.69, 9.17) is 5.73 Å². The second-order valence-electron chi connectivity index (χ2n) is 4.76. The summed E-state index contributed by atoms with van der Waals surface area (Å²) < 4.78 is 0. The van der Waals surface area contributed by atoms with E-state index in [-0.39, 0.29) is 30.4 Å². The van der Waals surface area contributed by atoms with Gasteiger partial charge in [0, 0.05) is 24.5 Å². The molecule has 4 heteroatoms. The maximum absolute atomic E-state index is 12.1. The van der Waals surface area contributed by atoms with Crippen molar-refractivity contribution in [1.29, 1.82) is 0 Å². The summed E-state index contributed by atoms with van der Waals surface area (Å²) in [6, 6.07) is 0.360. The fourth-order valence-corrected chi connectivity index (χ4v) is 2.24. The van der Waals surface area contributed by atoms with Crippen molar-refractivity contribution in [2.24, 2.45) is 11.7 Å². The molecule has 1 saturated heterocycles. The molecule has 0 aromatic carbocycles. The molecule has 1 aliphatic heterocycles. The first-order chi connectivity index (χ1) is 7.07. The van der Waals surface area contributed by atoms with E-state index in [2.05, 4.69) is 6.92 Å². The number of hydrogen-bond donors (Lipinski definition) is 1. The molecular weight excluding hydrogens is 224 g/mol. The van der Waals surface area contributed by atoms with Crippen LogP contribution in [0.4, 0.5) is 0 Å².